The zero-order valence-corrected chi connectivity index (χ0v) is 13.9. The van der Waals surface area contributed by atoms with Gasteiger partial charge in [0.2, 0.25) is 11.8 Å². The van der Waals surface area contributed by atoms with Crippen LogP contribution >= 0.6 is 15.9 Å². The van der Waals surface area contributed by atoms with Crippen LogP contribution in [0.5, 0.6) is 0 Å². The van der Waals surface area contributed by atoms with Gasteiger partial charge in [-0.25, -0.2) is 4.98 Å². The molecule has 2 amide bonds. The van der Waals surface area contributed by atoms with Crippen molar-refractivity contribution in [2.24, 2.45) is 0 Å². The lowest BCUT2D eigenvalue weighted by Gasteiger charge is -2.13. The summed E-state index contributed by atoms with van der Waals surface area (Å²) >= 11 is 3.37. The Morgan fingerprint density at radius 3 is 2.82 bits per heavy atom. The first kappa shape index (κ1) is 16.2. The molecule has 116 valence electrons. The number of benzene rings is 1. The Morgan fingerprint density at radius 2 is 2.18 bits per heavy atom. The Balaban J connectivity index is 1.86. The third kappa shape index (κ3) is 4.17. The summed E-state index contributed by atoms with van der Waals surface area (Å²) < 4.78 is 2.62. The molecule has 0 saturated carbocycles. The topological polar surface area (TPSA) is 76.0 Å². The van der Waals surface area contributed by atoms with Crippen molar-refractivity contribution in [3.63, 3.8) is 0 Å². The van der Waals surface area contributed by atoms with Crippen LogP contribution in [0.1, 0.15) is 18.5 Å². The number of aryl methyl sites for hydroxylation is 1. The second-order valence-corrected chi connectivity index (χ2v) is 5.83. The lowest BCUT2D eigenvalue weighted by Crippen LogP contribution is -2.36. The van der Waals surface area contributed by atoms with E-state index in [-0.39, 0.29) is 18.4 Å². The average molecular weight is 365 g/mol. The Bertz CT molecular complexity index is 670. The van der Waals surface area contributed by atoms with E-state index in [0.717, 1.165) is 15.7 Å². The molecule has 22 heavy (non-hydrogen) atoms. The van der Waals surface area contributed by atoms with Crippen LogP contribution in [0.4, 0.5) is 5.69 Å². The molecule has 0 saturated heterocycles. The van der Waals surface area contributed by atoms with Gasteiger partial charge in [-0.2, -0.15) is 0 Å². The molecule has 0 bridgehead atoms. The Labute approximate surface area is 137 Å². The largest absolute Gasteiger partial charge is 0.345 e. The second-order valence-electron chi connectivity index (χ2n) is 4.91. The molecule has 6 nitrogen and oxygen atoms in total. The minimum atomic E-state index is -0.412. The number of hydrogen-bond donors (Lipinski definition) is 2. The number of carbonyl (C=O) groups excluding carboxylic acids is 2. The van der Waals surface area contributed by atoms with Crippen LogP contribution in [-0.2, 0) is 9.59 Å². The van der Waals surface area contributed by atoms with E-state index in [2.05, 4.69) is 31.5 Å². The molecule has 2 N–H and O–H groups in total. The van der Waals surface area contributed by atoms with Gasteiger partial charge in [-0.05, 0) is 37.6 Å². The summed E-state index contributed by atoms with van der Waals surface area (Å²) in [6.07, 6.45) is 4.87. The van der Waals surface area contributed by atoms with Crippen molar-refractivity contribution >= 4 is 33.4 Å². The smallest absolute Gasteiger partial charge is 0.243 e. The van der Waals surface area contributed by atoms with Crippen molar-refractivity contribution < 1.29 is 9.59 Å². The zero-order chi connectivity index (χ0) is 16.1. The molecule has 1 atom stereocenters. The van der Waals surface area contributed by atoms with Crippen LogP contribution in [-0.4, -0.2) is 27.9 Å². The Kier molecular flexibility index (Phi) is 5.32. The molecule has 0 aliphatic heterocycles. The van der Waals surface area contributed by atoms with E-state index in [0.29, 0.717) is 0 Å². The summed E-state index contributed by atoms with van der Waals surface area (Å²) in [6.45, 7) is 3.57. The number of halogens is 1. The molecule has 0 aliphatic carbocycles. The van der Waals surface area contributed by atoms with Crippen molar-refractivity contribution in [2.45, 2.75) is 19.9 Å². The highest BCUT2D eigenvalue weighted by Crippen LogP contribution is 2.19. The average Bonchev–Trinajstić information content (AvgIpc) is 3.01. The molecular weight excluding hydrogens is 348 g/mol. The van der Waals surface area contributed by atoms with Crippen LogP contribution in [0.2, 0.25) is 0 Å². The van der Waals surface area contributed by atoms with Gasteiger partial charge in [0, 0.05) is 22.6 Å². The molecule has 0 fully saturated rings. The standard InChI is InChI=1S/C15H17BrN4O2/c1-10-7-12(16)3-4-13(10)19-14(21)8-18-15(22)11(2)20-6-5-17-9-20/h3-7,9,11H,8H2,1-2H3,(H,18,22)(H,19,21). The van der Waals surface area contributed by atoms with Crippen molar-refractivity contribution in [1.29, 1.82) is 0 Å². The van der Waals surface area contributed by atoms with Crippen LogP contribution in [0, 0.1) is 6.92 Å². The highest BCUT2D eigenvalue weighted by atomic mass is 79.9. The highest BCUT2D eigenvalue weighted by molar-refractivity contribution is 9.10. The van der Waals surface area contributed by atoms with E-state index in [1.54, 1.807) is 30.2 Å². The molecule has 0 aliphatic rings. The highest BCUT2D eigenvalue weighted by Gasteiger charge is 2.15. The fraction of sp³-hybridized carbons (Fsp3) is 0.267. The zero-order valence-electron chi connectivity index (χ0n) is 12.3. The third-order valence-electron chi connectivity index (χ3n) is 3.24. The molecule has 1 aromatic carbocycles. The molecule has 1 aromatic heterocycles. The van der Waals surface area contributed by atoms with E-state index >= 15 is 0 Å². The molecule has 1 unspecified atom stereocenters. The van der Waals surface area contributed by atoms with Gasteiger partial charge in [-0.1, -0.05) is 15.9 Å². The number of nitrogens with zero attached hydrogens (tertiary/aromatic N) is 2. The van der Waals surface area contributed by atoms with Crippen LogP contribution in [0.25, 0.3) is 0 Å². The van der Waals surface area contributed by atoms with E-state index in [9.17, 15) is 9.59 Å². The molecule has 2 aromatic rings. The van der Waals surface area contributed by atoms with Gasteiger partial charge >= 0.3 is 0 Å². The summed E-state index contributed by atoms with van der Waals surface area (Å²) in [5, 5.41) is 5.39. The number of hydrogen-bond acceptors (Lipinski definition) is 3. The number of nitrogens with one attached hydrogen (secondary N) is 2. The fourth-order valence-corrected chi connectivity index (χ4v) is 2.39. The summed E-state index contributed by atoms with van der Waals surface area (Å²) in [5.74, 6) is -0.503. The maximum absolute atomic E-state index is 12.0. The van der Waals surface area contributed by atoms with Gasteiger partial charge in [-0.3, -0.25) is 9.59 Å². The molecule has 1 heterocycles. The number of anilines is 1. The van der Waals surface area contributed by atoms with Gasteiger partial charge in [0.25, 0.3) is 0 Å². The summed E-state index contributed by atoms with van der Waals surface area (Å²) in [4.78, 5) is 27.8. The SMILES string of the molecule is Cc1cc(Br)ccc1NC(=O)CNC(=O)C(C)n1ccnc1. The van der Waals surface area contributed by atoms with Crippen LogP contribution in [0.3, 0.4) is 0 Å². The summed E-state index contributed by atoms with van der Waals surface area (Å²) in [7, 11) is 0. The number of amides is 2. The maximum atomic E-state index is 12.0. The number of rotatable bonds is 5. The third-order valence-corrected chi connectivity index (χ3v) is 3.73. The van der Waals surface area contributed by atoms with Crippen molar-refractivity contribution in [3.8, 4) is 0 Å². The summed E-state index contributed by atoms with van der Waals surface area (Å²) in [6, 6.07) is 5.16. The van der Waals surface area contributed by atoms with E-state index < -0.39 is 6.04 Å². The monoisotopic (exact) mass is 364 g/mol. The van der Waals surface area contributed by atoms with Gasteiger partial charge < -0.3 is 15.2 Å². The van der Waals surface area contributed by atoms with Crippen LogP contribution in [0.15, 0.2) is 41.4 Å². The lowest BCUT2D eigenvalue weighted by atomic mass is 10.2. The number of imidazole rings is 1. The lowest BCUT2D eigenvalue weighted by molar-refractivity contribution is -0.126. The van der Waals surface area contributed by atoms with Gasteiger partial charge in [0.1, 0.15) is 6.04 Å². The first-order valence-electron chi connectivity index (χ1n) is 6.78. The van der Waals surface area contributed by atoms with E-state index in [1.165, 1.54) is 0 Å². The van der Waals surface area contributed by atoms with Crippen molar-refractivity contribution in [3.05, 3.63) is 47.0 Å². The number of carbonyl (C=O) groups is 2. The minimum absolute atomic E-state index is 0.0760. The van der Waals surface area contributed by atoms with E-state index in [4.69, 9.17) is 0 Å². The molecule has 2 rings (SSSR count). The molecular formula is C15H17BrN4O2. The van der Waals surface area contributed by atoms with Gasteiger partial charge in [0.05, 0.1) is 12.9 Å². The minimum Gasteiger partial charge on any atom is -0.345 e. The first-order valence-corrected chi connectivity index (χ1v) is 7.58. The van der Waals surface area contributed by atoms with Crippen molar-refractivity contribution in [2.75, 3.05) is 11.9 Å². The van der Waals surface area contributed by atoms with E-state index in [1.807, 2.05) is 25.1 Å². The maximum Gasteiger partial charge on any atom is 0.243 e. The number of aromatic nitrogens is 2. The normalized spacial score (nSPS) is 11.8. The second kappa shape index (κ2) is 7.22. The van der Waals surface area contributed by atoms with Crippen molar-refractivity contribution in [1.82, 2.24) is 14.9 Å². The Hall–Kier alpha value is -2.15. The quantitative estimate of drug-likeness (QED) is 0.854. The molecule has 0 spiro atoms. The van der Waals surface area contributed by atoms with Gasteiger partial charge in [0.15, 0.2) is 0 Å². The molecule has 7 heteroatoms. The predicted molar refractivity (Wildman–Crippen MR) is 87.5 cm³/mol. The fourth-order valence-electron chi connectivity index (χ4n) is 1.91. The van der Waals surface area contributed by atoms with Crippen LogP contribution < -0.4 is 10.6 Å². The Morgan fingerprint density at radius 1 is 1.41 bits per heavy atom. The predicted octanol–water partition coefficient (Wildman–Crippen LogP) is 2.27. The summed E-state index contributed by atoms with van der Waals surface area (Å²) in [5.41, 5.74) is 1.67. The first-order chi connectivity index (χ1) is 10.5. The van der Waals surface area contributed by atoms with Gasteiger partial charge in [-0.15, -0.1) is 0 Å². The molecule has 0 radical (unpaired) electrons.